The van der Waals surface area contributed by atoms with Crippen molar-refractivity contribution in [3.8, 4) is 22.9 Å². The first kappa shape index (κ1) is 39.1. The van der Waals surface area contributed by atoms with Crippen LogP contribution in [0.2, 0.25) is 0 Å². The minimum absolute atomic E-state index is 0.0363. The number of aliphatic carboxylic acids is 1. The van der Waals surface area contributed by atoms with E-state index in [-0.39, 0.29) is 25.5 Å². The molecule has 0 unspecified atom stereocenters. The second kappa shape index (κ2) is 16.1. The summed E-state index contributed by atoms with van der Waals surface area (Å²) in [6.45, 7) is 11.2. The van der Waals surface area contributed by atoms with Crippen molar-refractivity contribution in [2.24, 2.45) is 5.92 Å². The molecule has 4 aliphatic rings. The quantitative estimate of drug-likeness (QED) is 0.138. The highest BCUT2D eigenvalue weighted by Crippen LogP contribution is 2.45. The lowest BCUT2D eigenvalue weighted by Crippen LogP contribution is -2.56. The number of likely N-dealkylation sites (tertiary alicyclic amines) is 1. The van der Waals surface area contributed by atoms with Crippen LogP contribution in [0.3, 0.4) is 0 Å². The van der Waals surface area contributed by atoms with Gasteiger partial charge in [-0.1, -0.05) is 25.5 Å². The van der Waals surface area contributed by atoms with Crippen molar-refractivity contribution in [1.82, 2.24) is 25.5 Å². The number of aryl methyl sites for hydroxylation is 1. The molecule has 56 heavy (non-hydrogen) atoms. The molecule has 4 N–H and O–H groups in total. The van der Waals surface area contributed by atoms with Gasteiger partial charge in [0.1, 0.15) is 47.0 Å². The molecule has 0 spiro atoms. The van der Waals surface area contributed by atoms with Crippen molar-refractivity contribution in [2.45, 2.75) is 114 Å². The van der Waals surface area contributed by atoms with Crippen LogP contribution in [0.25, 0.3) is 22.3 Å². The molecule has 4 fully saturated rings. The van der Waals surface area contributed by atoms with Crippen LogP contribution < -0.4 is 25.4 Å². The van der Waals surface area contributed by atoms with Crippen molar-refractivity contribution < 1.29 is 38.5 Å². The number of fused-ring (bicyclic) bond motifs is 1. The van der Waals surface area contributed by atoms with Gasteiger partial charge in [-0.15, -0.1) is 17.9 Å². The van der Waals surface area contributed by atoms with Crippen LogP contribution in [0.1, 0.15) is 76.7 Å². The molecule has 3 heterocycles. The Labute approximate surface area is 330 Å². The van der Waals surface area contributed by atoms with Crippen molar-refractivity contribution in [1.29, 1.82) is 0 Å². The number of pyridine rings is 1. The average Bonchev–Trinajstić information content (AvgIpc) is 3.80. The van der Waals surface area contributed by atoms with Crippen LogP contribution in [-0.4, -0.2) is 93.4 Å². The van der Waals surface area contributed by atoms with E-state index in [1.54, 1.807) is 14.0 Å². The first-order valence-corrected chi connectivity index (χ1v) is 20.3. The third-order valence-corrected chi connectivity index (χ3v) is 12.3. The van der Waals surface area contributed by atoms with Gasteiger partial charge in [0.2, 0.25) is 11.8 Å². The molecule has 3 amide bonds. The fraction of sp³-hybridized carbons (Fsp3) is 0.512. The molecule has 1 aromatic carbocycles. The molecule has 298 valence electrons. The SMILES string of the molecule is C=C[C@@H]1C[C@]1(NC(=O)[C@@H]1C[C@@H](Oc2cc(-c3csc(NC4CCCC4)n3)nc3cc(OC)c(C)cc23)CN1C(=O)[C@@H](NC(=O)OC1CCCC1)C(=C)C)C(=O)O. The molecule has 2 aromatic heterocycles. The second-order valence-corrected chi connectivity index (χ2v) is 16.4. The number of carboxylic acids is 1. The maximum absolute atomic E-state index is 14.4. The summed E-state index contributed by atoms with van der Waals surface area (Å²) in [7, 11) is 1.60. The van der Waals surface area contributed by atoms with Gasteiger partial charge in [0.25, 0.3) is 0 Å². The number of ether oxygens (including phenoxy) is 3. The van der Waals surface area contributed by atoms with Gasteiger partial charge in [0.15, 0.2) is 5.13 Å². The second-order valence-electron chi connectivity index (χ2n) is 15.5. The number of hydrogen-bond acceptors (Lipinski definition) is 11. The summed E-state index contributed by atoms with van der Waals surface area (Å²) >= 11 is 1.51. The summed E-state index contributed by atoms with van der Waals surface area (Å²) in [6, 6.07) is 3.66. The number of hydrogen-bond donors (Lipinski definition) is 4. The van der Waals surface area contributed by atoms with Gasteiger partial charge in [-0.2, -0.15) is 0 Å². The minimum Gasteiger partial charge on any atom is -0.496 e. The zero-order chi connectivity index (χ0) is 39.7. The zero-order valence-electron chi connectivity index (χ0n) is 32.1. The van der Waals surface area contributed by atoms with E-state index < -0.39 is 53.5 Å². The topological polar surface area (TPSA) is 181 Å². The summed E-state index contributed by atoms with van der Waals surface area (Å²) in [6.07, 6.45) is 8.09. The Morgan fingerprint density at radius 1 is 1.04 bits per heavy atom. The van der Waals surface area contributed by atoms with Crippen LogP contribution in [0.15, 0.2) is 48.4 Å². The number of methoxy groups -OCH3 is 1. The molecule has 1 saturated heterocycles. The lowest BCUT2D eigenvalue weighted by molar-refractivity contribution is -0.145. The highest BCUT2D eigenvalue weighted by atomic mass is 32.1. The molecule has 1 aliphatic heterocycles. The summed E-state index contributed by atoms with van der Waals surface area (Å²) < 4.78 is 18.0. The number of rotatable bonds is 14. The molecule has 3 aromatic rings. The van der Waals surface area contributed by atoms with Gasteiger partial charge in [-0.25, -0.2) is 19.6 Å². The predicted molar refractivity (Wildman–Crippen MR) is 212 cm³/mol. The van der Waals surface area contributed by atoms with E-state index in [9.17, 15) is 24.3 Å². The van der Waals surface area contributed by atoms with Crippen molar-refractivity contribution in [3.63, 3.8) is 0 Å². The Morgan fingerprint density at radius 3 is 2.43 bits per heavy atom. The fourth-order valence-electron chi connectivity index (χ4n) is 8.23. The number of nitrogens with zero attached hydrogens (tertiary/aromatic N) is 3. The van der Waals surface area contributed by atoms with Crippen molar-refractivity contribution in [2.75, 3.05) is 19.0 Å². The van der Waals surface area contributed by atoms with Gasteiger partial charge >= 0.3 is 12.1 Å². The van der Waals surface area contributed by atoms with Gasteiger partial charge in [0.05, 0.1) is 24.9 Å². The largest absolute Gasteiger partial charge is 0.496 e. The van der Waals surface area contributed by atoms with Crippen molar-refractivity contribution >= 4 is 51.2 Å². The summed E-state index contributed by atoms with van der Waals surface area (Å²) in [5.74, 6) is -1.74. The zero-order valence-corrected chi connectivity index (χ0v) is 32.9. The van der Waals surface area contributed by atoms with Crippen LogP contribution in [-0.2, 0) is 19.1 Å². The van der Waals surface area contributed by atoms with E-state index in [1.165, 1.54) is 35.2 Å². The maximum Gasteiger partial charge on any atom is 0.408 e. The van der Waals surface area contributed by atoms with Crippen LogP contribution in [0.4, 0.5) is 9.93 Å². The number of alkyl carbamates (subject to hydrolysis) is 1. The van der Waals surface area contributed by atoms with Gasteiger partial charge < -0.3 is 40.2 Å². The Morgan fingerprint density at radius 2 is 1.77 bits per heavy atom. The summed E-state index contributed by atoms with van der Waals surface area (Å²) in [5.41, 5.74) is 1.54. The molecule has 3 saturated carbocycles. The number of nitrogens with one attached hydrogen (secondary N) is 3. The molecule has 14 nitrogen and oxygen atoms in total. The smallest absolute Gasteiger partial charge is 0.408 e. The molecule has 0 radical (unpaired) electrons. The van der Waals surface area contributed by atoms with Crippen LogP contribution in [0.5, 0.6) is 11.5 Å². The number of anilines is 1. The number of aromatic nitrogens is 2. The Bertz CT molecular complexity index is 2040. The van der Waals surface area contributed by atoms with Gasteiger partial charge in [-0.3, -0.25) is 9.59 Å². The highest BCUT2D eigenvalue weighted by Gasteiger charge is 2.61. The predicted octanol–water partition coefficient (Wildman–Crippen LogP) is 6.14. The van der Waals surface area contributed by atoms with E-state index in [0.29, 0.717) is 45.4 Å². The molecule has 15 heteroatoms. The van der Waals surface area contributed by atoms with E-state index in [1.807, 2.05) is 30.5 Å². The highest BCUT2D eigenvalue weighted by molar-refractivity contribution is 7.14. The van der Waals surface area contributed by atoms with E-state index in [4.69, 9.17) is 24.2 Å². The number of carbonyl (C=O) groups excluding carboxylic acids is 3. The molecule has 3 aliphatic carbocycles. The number of amides is 3. The number of carboxylic acid groups (broad SMARTS) is 1. The molecular weight excluding hydrogens is 737 g/mol. The molecular formula is C41H50N6O8S. The Kier molecular flexibility index (Phi) is 11.2. The lowest BCUT2D eigenvalue weighted by atomic mass is 10.1. The molecule has 5 atom stereocenters. The Hall–Kier alpha value is -5.18. The Balaban J connectivity index is 1.19. The first-order chi connectivity index (χ1) is 26.9. The summed E-state index contributed by atoms with van der Waals surface area (Å²) in [5, 5.41) is 22.5. The van der Waals surface area contributed by atoms with E-state index in [0.717, 1.165) is 49.2 Å². The first-order valence-electron chi connectivity index (χ1n) is 19.4. The van der Waals surface area contributed by atoms with Crippen molar-refractivity contribution in [3.05, 3.63) is 53.9 Å². The third kappa shape index (κ3) is 8.04. The van der Waals surface area contributed by atoms with E-state index >= 15 is 0 Å². The number of benzene rings is 1. The average molecular weight is 787 g/mol. The van der Waals surface area contributed by atoms with Gasteiger partial charge in [0, 0.05) is 41.3 Å². The molecule has 7 rings (SSSR count). The van der Waals surface area contributed by atoms with Crippen LogP contribution >= 0.6 is 11.3 Å². The monoisotopic (exact) mass is 786 g/mol. The number of carbonyl (C=O) groups is 4. The lowest BCUT2D eigenvalue weighted by Gasteiger charge is -2.29. The van der Waals surface area contributed by atoms with Crippen LogP contribution in [0, 0.1) is 12.8 Å². The fourth-order valence-corrected chi connectivity index (χ4v) is 9.01. The third-order valence-electron chi connectivity index (χ3n) is 11.5. The number of thiazole rings is 1. The maximum atomic E-state index is 14.4. The normalized spacial score (nSPS) is 24.1. The van der Waals surface area contributed by atoms with Gasteiger partial charge in [-0.05, 0) is 76.0 Å². The molecule has 0 bridgehead atoms. The summed E-state index contributed by atoms with van der Waals surface area (Å²) in [4.78, 5) is 65.0. The van der Waals surface area contributed by atoms with E-state index in [2.05, 4.69) is 29.1 Å². The minimum atomic E-state index is -1.52. The standard InChI is InChI=1S/C41H50N6O8S/c1-6-24-19-41(24,38(50)51)46-36(48)32-16-27(20-47(32)37(49)35(22(2)3)45-40(52)55-26-13-9-10-14-26)54-34-18-30(43-29-17-33(53-5)23(4)15-28(29)34)31-21-56-39(44-31)42-25-11-7-8-12-25/h6,15,17-18,21,24-27,32,35H,1-2,7-14,16,19-20H2,3-5H3,(H,42,44)(H,45,52)(H,46,48)(H,50,51)/t24-,27-,32+,35+,41-/m1/s1.